The zero-order valence-corrected chi connectivity index (χ0v) is 19.7. The van der Waals surface area contributed by atoms with Crippen LogP contribution in [0.3, 0.4) is 0 Å². The topological polar surface area (TPSA) is 109 Å². The number of carbonyl (C=O) groups is 2. The Balaban J connectivity index is 1.49. The molecule has 1 aliphatic rings. The van der Waals surface area contributed by atoms with Gasteiger partial charge in [-0.05, 0) is 62.4 Å². The fraction of sp³-hybridized carbons (Fsp3) is 0.440. The summed E-state index contributed by atoms with van der Waals surface area (Å²) in [5.74, 6) is -0.0150. The number of pyridine rings is 1. The molecular formula is C25H31N5O3. The van der Waals surface area contributed by atoms with Crippen LogP contribution in [0.1, 0.15) is 39.9 Å². The quantitative estimate of drug-likeness (QED) is 0.703. The smallest absolute Gasteiger partial charge is 0.266 e. The molecule has 0 radical (unpaired) electrons. The summed E-state index contributed by atoms with van der Waals surface area (Å²) >= 11 is 0. The summed E-state index contributed by atoms with van der Waals surface area (Å²) in [6.07, 6.45) is 0.784. The lowest BCUT2D eigenvalue weighted by Gasteiger charge is -2.34. The molecule has 0 atom stereocenters. The molecule has 174 valence electrons. The van der Waals surface area contributed by atoms with Crippen LogP contribution in [-0.4, -0.2) is 59.3 Å². The van der Waals surface area contributed by atoms with Crippen molar-refractivity contribution < 1.29 is 9.59 Å². The van der Waals surface area contributed by atoms with Gasteiger partial charge in [0.2, 0.25) is 11.8 Å². The summed E-state index contributed by atoms with van der Waals surface area (Å²) in [6, 6.07) is 7.80. The van der Waals surface area contributed by atoms with Crippen molar-refractivity contribution >= 4 is 17.5 Å². The molecule has 0 unspecified atom stereocenters. The molecule has 1 aromatic carbocycles. The third kappa shape index (κ3) is 5.68. The van der Waals surface area contributed by atoms with Gasteiger partial charge in [-0.25, -0.2) is 0 Å². The fourth-order valence-electron chi connectivity index (χ4n) is 4.25. The molecule has 2 heterocycles. The van der Waals surface area contributed by atoms with Gasteiger partial charge in [0.15, 0.2) is 0 Å². The number of amides is 2. The number of aryl methyl sites for hydroxylation is 2. The first-order valence-corrected chi connectivity index (χ1v) is 11.2. The average molecular weight is 450 g/mol. The SMILES string of the molecule is Cc1cccc(NC(=O)CN2CCN(C(=O)CCc3c(C)[nH]c(=O)c(C#N)c3C)CC2)c1C. The number of carbonyl (C=O) groups excluding carboxylic acids is 2. The number of nitriles is 1. The van der Waals surface area contributed by atoms with E-state index in [0.29, 0.717) is 56.8 Å². The molecule has 3 rings (SSSR count). The van der Waals surface area contributed by atoms with E-state index >= 15 is 0 Å². The molecule has 2 amide bonds. The first kappa shape index (κ1) is 24.2. The molecular weight excluding hydrogens is 418 g/mol. The van der Waals surface area contributed by atoms with Gasteiger partial charge in [-0.3, -0.25) is 19.3 Å². The van der Waals surface area contributed by atoms with Gasteiger partial charge in [-0.15, -0.1) is 0 Å². The van der Waals surface area contributed by atoms with E-state index in [9.17, 15) is 19.6 Å². The second kappa shape index (κ2) is 10.5. The first-order chi connectivity index (χ1) is 15.7. The average Bonchev–Trinajstić information content (AvgIpc) is 2.77. The summed E-state index contributed by atoms with van der Waals surface area (Å²) in [5, 5.41) is 12.2. The van der Waals surface area contributed by atoms with Crippen LogP contribution in [0, 0.1) is 39.0 Å². The van der Waals surface area contributed by atoms with Crippen LogP contribution in [-0.2, 0) is 16.0 Å². The highest BCUT2D eigenvalue weighted by molar-refractivity contribution is 5.93. The van der Waals surface area contributed by atoms with E-state index in [1.54, 1.807) is 13.8 Å². The number of nitrogens with one attached hydrogen (secondary N) is 2. The van der Waals surface area contributed by atoms with Crippen molar-refractivity contribution in [1.82, 2.24) is 14.8 Å². The Labute approximate surface area is 194 Å². The number of aromatic amines is 1. The first-order valence-electron chi connectivity index (χ1n) is 11.2. The van der Waals surface area contributed by atoms with Crippen molar-refractivity contribution in [3.8, 4) is 6.07 Å². The summed E-state index contributed by atoms with van der Waals surface area (Å²) < 4.78 is 0. The minimum Gasteiger partial charge on any atom is -0.340 e. The van der Waals surface area contributed by atoms with Gasteiger partial charge < -0.3 is 15.2 Å². The highest BCUT2D eigenvalue weighted by Gasteiger charge is 2.23. The molecule has 0 aliphatic carbocycles. The maximum absolute atomic E-state index is 12.7. The summed E-state index contributed by atoms with van der Waals surface area (Å²) in [6.45, 7) is 10.3. The Hall–Kier alpha value is -3.44. The Morgan fingerprint density at radius 1 is 1.09 bits per heavy atom. The summed E-state index contributed by atoms with van der Waals surface area (Å²) in [5.41, 5.74) is 4.95. The van der Waals surface area contributed by atoms with Crippen LogP contribution in [0.4, 0.5) is 5.69 Å². The molecule has 2 aromatic rings. The zero-order valence-electron chi connectivity index (χ0n) is 19.7. The minimum atomic E-state index is -0.389. The number of nitrogens with zero attached hydrogens (tertiary/aromatic N) is 3. The van der Waals surface area contributed by atoms with Crippen molar-refractivity contribution in [2.45, 2.75) is 40.5 Å². The predicted molar refractivity (Wildman–Crippen MR) is 127 cm³/mol. The monoisotopic (exact) mass is 449 g/mol. The molecule has 1 fully saturated rings. The van der Waals surface area contributed by atoms with Crippen molar-refractivity contribution in [2.24, 2.45) is 0 Å². The van der Waals surface area contributed by atoms with E-state index in [2.05, 4.69) is 15.2 Å². The molecule has 33 heavy (non-hydrogen) atoms. The highest BCUT2D eigenvalue weighted by atomic mass is 16.2. The van der Waals surface area contributed by atoms with Gasteiger partial charge in [-0.2, -0.15) is 5.26 Å². The number of benzene rings is 1. The van der Waals surface area contributed by atoms with Gasteiger partial charge >= 0.3 is 0 Å². The van der Waals surface area contributed by atoms with Crippen molar-refractivity contribution in [3.05, 3.63) is 62.1 Å². The standard InChI is InChI=1S/C25H31N5O3/c1-16-6-5-7-22(17(16)2)28-23(31)15-29-10-12-30(13-11-29)24(32)9-8-20-18(3)21(14-26)25(33)27-19(20)4/h5-7H,8-13,15H2,1-4H3,(H,27,33)(H,28,31). The molecule has 1 saturated heterocycles. The maximum Gasteiger partial charge on any atom is 0.266 e. The van der Waals surface area contributed by atoms with Crippen molar-refractivity contribution in [2.75, 3.05) is 38.0 Å². The molecule has 0 bridgehead atoms. The molecule has 0 spiro atoms. The molecule has 8 heteroatoms. The number of piperazine rings is 1. The predicted octanol–water partition coefficient (Wildman–Crippen LogP) is 2.20. The highest BCUT2D eigenvalue weighted by Crippen LogP contribution is 2.18. The van der Waals surface area contributed by atoms with Crippen LogP contribution in [0.5, 0.6) is 0 Å². The molecule has 8 nitrogen and oxygen atoms in total. The Morgan fingerprint density at radius 2 is 1.79 bits per heavy atom. The number of hydrogen-bond acceptors (Lipinski definition) is 5. The van der Waals surface area contributed by atoms with Gasteiger partial charge in [0.25, 0.3) is 5.56 Å². The van der Waals surface area contributed by atoms with Gasteiger partial charge in [0.1, 0.15) is 11.6 Å². The zero-order chi connectivity index (χ0) is 24.1. The normalized spacial score (nSPS) is 14.1. The van der Waals surface area contributed by atoms with Crippen LogP contribution in [0.25, 0.3) is 0 Å². The van der Waals surface area contributed by atoms with E-state index < -0.39 is 0 Å². The molecule has 0 saturated carbocycles. The summed E-state index contributed by atoms with van der Waals surface area (Å²) in [4.78, 5) is 43.7. The van der Waals surface area contributed by atoms with E-state index in [4.69, 9.17) is 0 Å². The van der Waals surface area contributed by atoms with E-state index in [0.717, 1.165) is 22.4 Å². The Bertz CT molecular complexity index is 1150. The summed E-state index contributed by atoms with van der Waals surface area (Å²) in [7, 11) is 0. The van der Waals surface area contributed by atoms with E-state index in [1.165, 1.54) is 0 Å². The minimum absolute atomic E-state index is 0.0398. The van der Waals surface area contributed by atoms with Gasteiger partial charge in [0.05, 0.1) is 6.54 Å². The molecule has 2 N–H and O–H groups in total. The second-order valence-corrected chi connectivity index (χ2v) is 8.62. The number of aromatic nitrogens is 1. The lowest BCUT2D eigenvalue weighted by Crippen LogP contribution is -2.50. The van der Waals surface area contributed by atoms with Crippen LogP contribution in [0.15, 0.2) is 23.0 Å². The van der Waals surface area contributed by atoms with Gasteiger partial charge in [-0.1, -0.05) is 12.1 Å². The Kier molecular flexibility index (Phi) is 7.67. The van der Waals surface area contributed by atoms with E-state index in [-0.39, 0.29) is 22.9 Å². The number of H-pyrrole nitrogens is 1. The number of rotatable bonds is 6. The lowest BCUT2D eigenvalue weighted by atomic mass is 9.99. The maximum atomic E-state index is 12.7. The fourth-order valence-corrected chi connectivity index (χ4v) is 4.25. The number of anilines is 1. The second-order valence-electron chi connectivity index (χ2n) is 8.62. The third-order valence-corrected chi connectivity index (χ3v) is 6.48. The van der Waals surface area contributed by atoms with Crippen LogP contribution >= 0.6 is 0 Å². The van der Waals surface area contributed by atoms with Crippen molar-refractivity contribution in [1.29, 1.82) is 5.26 Å². The van der Waals surface area contributed by atoms with Crippen LogP contribution in [0.2, 0.25) is 0 Å². The van der Waals surface area contributed by atoms with Crippen LogP contribution < -0.4 is 10.9 Å². The largest absolute Gasteiger partial charge is 0.340 e. The third-order valence-electron chi connectivity index (χ3n) is 6.48. The number of hydrogen-bond donors (Lipinski definition) is 2. The lowest BCUT2D eigenvalue weighted by molar-refractivity contribution is -0.133. The van der Waals surface area contributed by atoms with Crippen molar-refractivity contribution in [3.63, 3.8) is 0 Å². The van der Waals surface area contributed by atoms with E-state index in [1.807, 2.05) is 43.0 Å². The molecule has 1 aromatic heterocycles. The Morgan fingerprint density at radius 3 is 2.45 bits per heavy atom. The van der Waals surface area contributed by atoms with Gasteiger partial charge in [0, 0.05) is 44.0 Å². The molecule has 1 aliphatic heterocycles.